The Morgan fingerprint density at radius 3 is 2.93 bits per heavy atom. The summed E-state index contributed by atoms with van der Waals surface area (Å²) in [6, 6.07) is 4.19. The third-order valence-electron chi connectivity index (χ3n) is 1.52. The van der Waals surface area contributed by atoms with Crippen LogP contribution in [0.1, 0.15) is 0 Å². The Morgan fingerprint density at radius 1 is 1.64 bits per heavy atom. The molecule has 0 saturated heterocycles. The fourth-order valence-electron chi connectivity index (χ4n) is 0.854. The molecule has 0 aromatic heterocycles. The molecule has 4 N–H and O–H groups in total. The Bertz CT molecular complexity index is 356. The first kappa shape index (κ1) is 10.6. The van der Waals surface area contributed by atoms with Crippen LogP contribution in [0.5, 0.6) is 0 Å². The molecule has 0 fully saturated rings. The second kappa shape index (κ2) is 4.66. The molecule has 0 radical (unpaired) electrons. The highest BCUT2D eigenvalue weighted by atomic mass is 35.5. The van der Waals surface area contributed by atoms with Crippen LogP contribution in [0.3, 0.4) is 0 Å². The molecular formula is C8H9ClFN3O. The van der Waals surface area contributed by atoms with Crippen molar-refractivity contribution in [1.29, 1.82) is 0 Å². The molecule has 1 aromatic carbocycles. The molecule has 0 bridgehead atoms. The maximum atomic E-state index is 13.1. The molecule has 0 amide bonds. The Hall–Kier alpha value is -1.49. The molecule has 0 aliphatic rings. The van der Waals surface area contributed by atoms with Crippen LogP contribution in [-0.2, 0) is 0 Å². The summed E-state index contributed by atoms with van der Waals surface area (Å²) >= 11 is 5.55. The van der Waals surface area contributed by atoms with Gasteiger partial charge in [0.15, 0.2) is 5.84 Å². The van der Waals surface area contributed by atoms with Gasteiger partial charge in [0.1, 0.15) is 5.82 Å². The largest absolute Gasteiger partial charge is 0.409 e. The van der Waals surface area contributed by atoms with Crippen LogP contribution in [0.25, 0.3) is 0 Å². The molecule has 0 aliphatic carbocycles. The average Bonchev–Trinajstić information content (AvgIpc) is 2.16. The fraction of sp³-hybridized carbons (Fsp3) is 0.125. The molecule has 14 heavy (non-hydrogen) atoms. The number of nitrogens with zero attached hydrogens (tertiary/aromatic N) is 1. The number of benzene rings is 1. The van der Waals surface area contributed by atoms with E-state index in [1.54, 1.807) is 6.07 Å². The zero-order chi connectivity index (χ0) is 10.6. The van der Waals surface area contributed by atoms with Crippen LogP contribution < -0.4 is 11.1 Å². The minimum atomic E-state index is -0.483. The van der Waals surface area contributed by atoms with Crippen molar-refractivity contribution >= 4 is 23.1 Å². The lowest BCUT2D eigenvalue weighted by Gasteiger charge is -2.06. The summed E-state index contributed by atoms with van der Waals surface area (Å²) in [5, 5.41) is 13.9. The summed E-state index contributed by atoms with van der Waals surface area (Å²) in [7, 11) is 0. The second-order valence-corrected chi connectivity index (χ2v) is 3.01. The zero-order valence-electron chi connectivity index (χ0n) is 7.17. The highest BCUT2D eigenvalue weighted by molar-refractivity contribution is 6.30. The number of hydrogen-bond acceptors (Lipinski definition) is 3. The highest BCUT2D eigenvalue weighted by Gasteiger charge is 2.02. The van der Waals surface area contributed by atoms with Crippen molar-refractivity contribution in [2.75, 3.05) is 11.9 Å². The van der Waals surface area contributed by atoms with E-state index in [2.05, 4.69) is 10.5 Å². The predicted octanol–water partition coefficient (Wildman–Crippen LogP) is 1.64. The topological polar surface area (TPSA) is 70.6 Å². The number of halogens is 2. The van der Waals surface area contributed by atoms with Crippen molar-refractivity contribution in [2.45, 2.75) is 0 Å². The SMILES string of the molecule is N/C(CNc1ccc(Cl)cc1F)=N/O. The maximum Gasteiger partial charge on any atom is 0.158 e. The van der Waals surface area contributed by atoms with Gasteiger partial charge in [0.25, 0.3) is 0 Å². The average molecular weight is 218 g/mol. The van der Waals surface area contributed by atoms with E-state index >= 15 is 0 Å². The van der Waals surface area contributed by atoms with Gasteiger partial charge in [0.05, 0.1) is 12.2 Å². The third-order valence-corrected chi connectivity index (χ3v) is 1.75. The van der Waals surface area contributed by atoms with Crippen molar-refractivity contribution in [3.8, 4) is 0 Å². The molecule has 0 heterocycles. The van der Waals surface area contributed by atoms with E-state index in [1.807, 2.05) is 0 Å². The Kier molecular flexibility index (Phi) is 3.53. The highest BCUT2D eigenvalue weighted by Crippen LogP contribution is 2.18. The quantitative estimate of drug-likeness (QED) is 0.312. The van der Waals surface area contributed by atoms with Crippen LogP contribution in [0.2, 0.25) is 5.02 Å². The molecule has 0 unspecified atom stereocenters. The summed E-state index contributed by atoms with van der Waals surface area (Å²) in [5.41, 5.74) is 5.44. The molecule has 0 saturated carbocycles. The second-order valence-electron chi connectivity index (χ2n) is 2.57. The first-order valence-corrected chi connectivity index (χ1v) is 4.16. The number of oxime groups is 1. The summed E-state index contributed by atoms with van der Waals surface area (Å²) < 4.78 is 13.1. The molecule has 6 heteroatoms. The van der Waals surface area contributed by atoms with E-state index in [1.165, 1.54) is 12.1 Å². The van der Waals surface area contributed by atoms with Crippen LogP contribution >= 0.6 is 11.6 Å². The number of anilines is 1. The summed E-state index contributed by atoms with van der Waals surface area (Å²) in [5.74, 6) is -0.511. The summed E-state index contributed by atoms with van der Waals surface area (Å²) in [6.07, 6.45) is 0. The van der Waals surface area contributed by atoms with Gasteiger partial charge in [-0.3, -0.25) is 0 Å². The number of nitrogens with two attached hydrogens (primary N) is 1. The number of hydrogen-bond donors (Lipinski definition) is 3. The van der Waals surface area contributed by atoms with Crippen molar-refractivity contribution in [2.24, 2.45) is 10.9 Å². The molecule has 1 aromatic rings. The van der Waals surface area contributed by atoms with Gasteiger partial charge in [-0.05, 0) is 18.2 Å². The lowest BCUT2D eigenvalue weighted by atomic mass is 10.3. The van der Waals surface area contributed by atoms with Gasteiger partial charge in [0, 0.05) is 5.02 Å². The van der Waals surface area contributed by atoms with E-state index in [0.29, 0.717) is 5.02 Å². The smallest absolute Gasteiger partial charge is 0.158 e. The molecule has 76 valence electrons. The predicted molar refractivity (Wildman–Crippen MR) is 53.3 cm³/mol. The first-order chi connectivity index (χ1) is 6.63. The molecular weight excluding hydrogens is 209 g/mol. The minimum absolute atomic E-state index is 0.0284. The van der Waals surface area contributed by atoms with Crippen molar-refractivity contribution in [3.05, 3.63) is 29.0 Å². The van der Waals surface area contributed by atoms with Gasteiger partial charge in [-0.1, -0.05) is 16.8 Å². The monoisotopic (exact) mass is 217 g/mol. The van der Waals surface area contributed by atoms with Crippen LogP contribution in [0.15, 0.2) is 23.4 Å². The van der Waals surface area contributed by atoms with E-state index < -0.39 is 5.82 Å². The lowest BCUT2D eigenvalue weighted by Crippen LogP contribution is -2.22. The van der Waals surface area contributed by atoms with Crippen LogP contribution in [0, 0.1) is 5.82 Å². The van der Waals surface area contributed by atoms with Gasteiger partial charge in [-0.15, -0.1) is 0 Å². The zero-order valence-corrected chi connectivity index (χ0v) is 7.92. The van der Waals surface area contributed by atoms with Crippen molar-refractivity contribution < 1.29 is 9.60 Å². The normalized spacial score (nSPS) is 11.4. The summed E-state index contributed by atoms with van der Waals surface area (Å²) in [6.45, 7) is 0.0645. The molecule has 4 nitrogen and oxygen atoms in total. The molecule has 0 aliphatic heterocycles. The third kappa shape index (κ3) is 2.77. The van der Waals surface area contributed by atoms with Gasteiger partial charge in [0.2, 0.25) is 0 Å². The number of rotatable bonds is 3. The van der Waals surface area contributed by atoms with Gasteiger partial charge in [-0.25, -0.2) is 4.39 Å². The van der Waals surface area contributed by atoms with Crippen LogP contribution in [0.4, 0.5) is 10.1 Å². The van der Waals surface area contributed by atoms with E-state index in [9.17, 15) is 4.39 Å². The van der Waals surface area contributed by atoms with Gasteiger partial charge in [-0.2, -0.15) is 0 Å². The van der Waals surface area contributed by atoms with Crippen LogP contribution in [-0.4, -0.2) is 17.6 Å². The lowest BCUT2D eigenvalue weighted by molar-refractivity contribution is 0.317. The van der Waals surface area contributed by atoms with Crippen molar-refractivity contribution in [3.63, 3.8) is 0 Å². The number of amidine groups is 1. The van der Waals surface area contributed by atoms with Gasteiger partial charge < -0.3 is 16.3 Å². The summed E-state index contributed by atoms with van der Waals surface area (Å²) in [4.78, 5) is 0. The van der Waals surface area contributed by atoms with E-state index in [-0.39, 0.29) is 18.1 Å². The van der Waals surface area contributed by atoms with Crippen molar-refractivity contribution in [1.82, 2.24) is 0 Å². The standard InChI is InChI=1S/C8H9ClFN3O/c9-5-1-2-7(6(10)3-5)12-4-8(11)13-14/h1-3,12,14H,4H2,(H2,11,13). The Morgan fingerprint density at radius 2 is 2.36 bits per heavy atom. The molecule has 1 rings (SSSR count). The molecule has 0 atom stereocenters. The minimum Gasteiger partial charge on any atom is -0.409 e. The fourth-order valence-corrected chi connectivity index (χ4v) is 1.01. The number of nitrogens with one attached hydrogen (secondary N) is 1. The van der Waals surface area contributed by atoms with Gasteiger partial charge >= 0.3 is 0 Å². The Labute approximate surface area is 85.2 Å². The van der Waals surface area contributed by atoms with E-state index in [0.717, 1.165) is 0 Å². The first-order valence-electron chi connectivity index (χ1n) is 3.79. The van der Waals surface area contributed by atoms with E-state index in [4.69, 9.17) is 22.5 Å². The maximum absolute atomic E-state index is 13.1. The Balaban J connectivity index is 2.68. The molecule has 0 spiro atoms.